The average molecular weight is 246 g/mol. The highest BCUT2D eigenvalue weighted by atomic mass is 32.1. The van der Waals surface area contributed by atoms with E-state index in [0.29, 0.717) is 0 Å². The fourth-order valence-electron chi connectivity index (χ4n) is 1.69. The van der Waals surface area contributed by atoms with Gasteiger partial charge in [-0.05, 0) is 30.9 Å². The molecule has 2 aromatic rings. The van der Waals surface area contributed by atoms with Crippen molar-refractivity contribution in [1.29, 1.82) is 0 Å². The highest BCUT2D eigenvalue weighted by Crippen LogP contribution is 2.16. The Hall–Kier alpha value is -1.35. The van der Waals surface area contributed by atoms with Gasteiger partial charge in [0.2, 0.25) is 0 Å². The number of benzene rings is 1. The lowest BCUT2D eigenvalue weighted by atomic mass is 10.1. The lowest BCUT2D eigenvalue weighted by molar-refractivity contribution is 1.01. The Labute approximate surface area is 107 Å². The van der Waals surface area contributed by atoms with Crippen LogP contribution in [-0.4, -0.2) is 11.5 Å². The van der Waals surface area contributed by atoms with Gasteiger partial charge in [0.15, 0.2) is 5.13 Å². The van der Waals surface area contributed by atoms with Crippen LogP contribution in [0.4, 0.5) is 5.13 Å². The molecule has 0 fully saturated rings. The Kier molecular flexibility index (Phi) is 4.15. The molecule has 0 aliphatic heterocycles. The minimum Gasteiger partial charge on any atom is -0.361 e. The van der Waals surface area contributed by atoms with Crippen molar-refractivity contribution in [3.05, 3.63) is 46.5 Å². The smallest absolute Gasteiger partial charge is 0.182 e. The van der Waals surface area contributed by atoms with Crippen molar-refractivity contribution < 1.29 is 0 Å². The van der Waals surface area contributed by atoms with E-state index in [1.807, 2.05) is 6.20 Å². The normalized spacial score (nSPS) is 10.5. The quantitative estimate of drug-likeness (QED) is 0.870. The summed E-state index contributed by atoms with van der Waals surface area (Å²) in [5.41, 5.74) is 2.78. The lowest BCUT2D eigenvalue weighted by Crippen LogP contribution is -2.04. The molecule has 0 aliphatic carbocycles. The van der Waals surface area contributed by atoms with E-state index in [1.54, 1.807) is 11.3 Å². The van der Waals surface area contributed by atoms with Gasteiger partial charge >= 0.3 is 0 Å². The maximum Gasteiger partial charge on any atom is 0.182 e. The monoisotopic (exact) mass is 246 g/mol. The van der Waals surface area contributed by atoms with Crippen LogP contribution >= 0.6 is 11.3 Å². The topological polar surface area (TPSA) is 24.9 Å². The van der Waals surface area contributed by atoms with Crippen LogP contribution in [0.15, 0.2) is 30.5 Å². The summed E-state index contributed by atoms with van der Waals surface area (Å²) < 4.78 is 0. The van der Waals surface area contributed by atoms with Crippen molar-refractivity contribution in [2.24, 2.45) is 0 Å². The second-order valence-electron chi connectivity index (χ2n) is 4.12. The number of thiazole rings is 1. The fraction of sp³-hybridized carbons (Fsp3) is 0.357. The summed E-state index contributed by atoms with van der Waals surface area (Å²) in [7, 11) is 0. The summed E-state index contributed by atoms with van der Waals surface area (Å²) in [6, 6.07) is 8.85. The first-order chi connectivity index (χ1) is 8.28. The minimum atomic E-state index is 0.943. The number of anilines is 1. The molecule has 0 spiro atoms. The van der Waals surface area contributed by atoms with E-state index in [-0.39, 0.29) is 0 Å². The van der Waals surface area contributed by atoms with Gasteiger partial charge in [-0.1, -0.05) is 31.2 Å². The molecule has 0 bridgehead atoms. The summed E-state index contributed by atoms with van der Waals surface area (Å²) in [6.45, 7) is 5.20. The van der Waals surface area contributed by atoms with E-state index in [4.69, 9.17) is 0 Å². The number of aryl methyl sites for hydroxylation is 2. The second-order valence-corrected chi connectivity index (χ2v) is 5.36. The molecule has 1 N–H and O–H groups in total. The van der Waals surface area contributed by atoms with Crippen LogP contribution in [0.1, 0.15) is 22.9 Å². The molecule has 1 aromatic heterocycles. The van der Waals surface area contributed by atoms with Gasteiger partial charge in [-0.25, -0.2) is 4.98 Å². The van der Waals surface area contributed by atoms with Gasteiger partial charge in [-0.2, -0.15) is 0 Å². The van der Waals surface area contributed by atoms with Crippen molar-refractivity contribution >= 4 is 16.5 Å². The SMILES string of the molecule is CCc1ccc(CCNc2ncc(C)s2)cc1. The van der Waals surface area contributed by atoms with Gasteiger partial charge in [0, 0.05) is 17.6 Å². The van der Waals surface area contributed by atoms with Crippen LogP contribution in [0.3, 0.4) is 0 Å². The molecular weight excluding hydrogens is 228 g/mol. The first kappa shape index (κ1) is 12.1. The number of hydrogen-bond donors (Lipinski definition) is 1. The summed E-state index contributed by atoms with van der Waals surface area (Å²) in [5, 5.41) is 4.37. The van der Waals surface area contributed by atoms with E-state index in [1.165, 1.54) is 16.0 Å². The fourth-order valence-corrected chi connectivity index (χ4v) is 2.38. The Morgan fingerprint density at radius 1 is 1.18 bits per heavy atom. The van der Waals surface area contributed by atoms with E-state index < -0.39 is 0 Å². The molecule has 0 aliphatic rings. The zero-order valence-corrected chi connectivity index (χ0v) is 11.2. The number of nitrogens with one attached hydrogen (secondary N) is 1. The highest BCUT2D eigenvalue weighted by molar-refractivity contribution is 7.15. The molecule has 0 atom stereocenters. The number of rotatable bonds is 5. The molecule has 0 unspecified atom stereocenters. The molecule has 0 amide bonds. The first-order valence-electron chi connectivity index (χ1n) is 6.02. The van der Waals surface area contributed by atoms with Gasteiger partial charge in [-0.3, -0.25) is 0 Å². The lowest BCUT2D eigenvalue weighted by Gasteiger charge is -2.04. The maximum atomic E-state index is 4.28. The van der Waals surface area contributed by atoms with Gasteiger partial charge in [0.25, 0.3) is 0 Å². The van der Waals surface area contributed by atoms with Crippen molar-refractivity contribution in [2.45, 2.75) is 26.7 Å². The van der Waals surface area contributed by atoms with Crippen LogP contribution < -0.4 is 5.32 Å². The second kappa shape index (κ2) is 5.82. The van der Waals surface area contributed by atoms with E-state index >= 15 is 0 Å². The van der Waals surface area contributed by atoms with Crippen LogP contribution in [0, 0.1) is 6.92 Å². The Morgan fingerprint density at radius 3 is 2.47 bits per heavy atom. The Bertz CT molecular complexity index is 459. The summed E-state index contributed by atoms with van der Waals surface area (Å²) >= 11 is 1.71. The van der Waals surface area contributed by atoms with Crippen LogP contribution in [0.25, 0.3) is 0 Å². The predicted molar refractivity (Wildman–Crippen MR) is 74.9 cm³/mol. The van der Waals surface area contributed by atoms with E-state index in [0.717, 1.165) is 24.5 Å². The highest BCUT2D eigenvalue weighted by Gasteiger charge is 1.98. The van der Waals surface area contributed by atoms with Crippen molar-refractivity contribution in [3.63, 3.8) is 0 Å². The molecular formula is C14H18N2S. The van der Waals surface area contributed by atoms with Gasteiger partial charge in [0.05, 0.1) is 0 Å². The molecule has 0 saturated heterocycles. The predicted octanol–water partition coefficient (Wildman–Crippen LogP) is 3.67. The maximum absolute atomic E-state index is 4.28. The van der Waals surface area contributed by atoms with E-state index in [2.05, 4.69) is 48.4 Å². The summed E-state index contributed by atoms with van der Waals surface area (Å²) in [6.07, 6.45) is 4.06. The summed E-state index contributed by atoms with van der Waals surface area (Å²) in [5.74, 6) is 0. The van der Waals surface area contributed by atoms with Crippen molar-refractivity contribution in [1.82, 2.24) is 4.98 Å². The number of hydrogen-bond acceptors (Lipinski definition) is 3. The first-order valence-corrected chi connectivity index (χ1v) is 6.83. The van der Waals surface area contributed by atoms with E-state index in [9.17, 15) is 0 Å². The van der Waals surface area contributed by atoms with Gasteiger partial charge in [0.1, 0.15) is 0 Å². The molecule has 3 heteroatoms. The van der Waals surface area contributed by atoms with Crippen molar-refractivity contribution in [3.8, 4) is 0 Å². The van der Waals surface area contributed by atoms with Gasteiger partial charge < -0.3 is 5.32 Å². The van der Waals surface area contributed by atoms with Crippen molar-refractivity contribution in [2.75, 3.05) is 11.9 Å². The molecule has 90 valence electrons. The third kappa shape index (κ3) is 3.56. The molecule has 0 radical (unpaired) electrons. The third-order valence-corrected chi connectivity index (χ3v) is 3.61. The third-order valence-electron chi connectivity index (χ3n) is 2.74. The molecule has 1 heterocycles. The van der Waals surface area contributed by atoms with Crippen LogP contribution in [-0.2, 0) is 12.8 Å². The largest absolute Gasteiger partial charge is 0.361 e. The average Bonchev–Trinajstić information content (AvgIpc) is 2.76. The molecule has 0 saturated carbocycles. The molecule has 2 nitrogen and oxygen atoms in total. The zero-order chi connectivity index (χ0) is 12.1. The van der Waals surface area contributed by atoms with Crippen LogP contribution in [0.5, 0.6) is 0 Å². The minimum absolute atomic E-state index is 0.943. The zero-order valence-electron chi connectivity index (χ0n) is 10.4. The molecule has 1 aromatic carbocycles. The van der Waals surface area contributed by atoms with Gasteiger partial charge in [-0.15, -0.1) is 11.3 Å². The molecule has 17 heavy (non-hydrogen) atoms. The number of nitrogens with zero attached hydrogens (tertiary/aromatic N) is 1. The Balaban J connectivity index is 1.81. The molecule has 2 rings (SSSR count). The summed E-state index contributed by atoms with van der Waals surface area (Å²) in [4.78, 5) is 5.53. The standard InChI is InChI=1S/C14H18N2S/c1-3-12-4-6-13(7-5-12)8-9-15-14-16-10-11(2)17-14/h4-7,10H,3,8-9H2,1-2H3,(H,15,16). The Morgan fingerprint density at radius 2 is 1.88 bits per heavy atom. The number of aromatic nitrogens is 1. The van der Waals surface area contributed by atoms with Crippen LogP contribution in [0.2, 0.25) is 0 Å².